The molecular formula is C18H9Cl2FN2S. The summed E-state index contributed by atoms with van der Waals surface area (Å²) in [5, 5.41) is 18.3. The van der Waals surface area contributed by atoms with Crippen molar-refractivity contribution in [1.29, 1.82) is 10.5 Å². The smallest absolute Gasteiger partial charge is 0.141 e. The summed E-state index contributed by atoms with van der Waals surface area (Å²) in [7, 11) is 0. The lowest BCUT2D eigenvalue weighted by atomic mass is 10.2. The molecule has 0 aliphatic rings. The van der Waals surface area contributed by atoms with Crippen LogP contribution in [0.1, 0.15) is 5.56 Å². The third kappa shape index (κ3) is 4.88. The zero-order chi connectivity index (χ0) is 17.5. The van der Waals surface area contributed by atoms with Crippen molar-refractivity contribution >= 4 is 39.9 Å². The van der Waals surface area contributed by atoms with Gasteiger partial charge < -0.3 is 0 Å². The van der Waals surface area contributed by atoms with E-state index in [0.717, 1.165) is 15.4 Å². The summed E-state index contributed by atoms with van der Waals surface area (Å²) in [5.41, 5.74) is 0.829. The largest absolute Gasteiger partial charge is 0.205 e. The van der Waals surface area contributed by atoms with E-state index in [-0.39, 0.29) is 10.6 Å². The van der Waals surface area contributed by atoms with Gasteiger partial charge in [-0.15, -0.1) is 0 Å². The Morgan fingerprint density at radius 1 is 1.00 bits per heavy atom. The van der Waals surface area contributed by atoms with Crippen molar-refractivity contribution < 1.29 is 4.39 Å². The number of thioether (sulfide) groups is 1. The molecule has 0 aromatic heterocycles. The molecule has 0 aliphatic heterocycles. The fourth-order valence-corrected chi connectivity index (χ4v) is 3.06. The van der Waals surface area contributed by atoms with E-state index in [1.165, 1.54) is 30.0 Å². The third-order valence-corrected chi connectivity index (χ3v) is 4.51. The normalized spacial score (nSPS) is 10.6. The quantitative estimate of drug-likeness (QED) is 0.361. The van der Waals surface area contributed by atoms with Crippen LogP contribution < -0.4 is 0 Å². The molecule has 0 spiro atoms. The van der Waals surface area contributed by atoms with Crippen molar-refractivity contribution in [3.05, 3.63) is 81.6 Å². The first kappa shape index (κ1) is 18.1. The van der Waals surface area contributed by atoms with Crippen LogP contribution in [0.15, 0.2) is 65.1 Å². The highest BCUT2D eigenvalue weighted by molar-refractivity contribution is 8.08. The van der Waals surface area contributed by atoms with Crippen molar-refractivity contribution in [3.63, 3.8) is 0 Å². The molecule has 0 saturated carbocycles. The Morgan fingerprint density at radius 2 is 1.67 bits per heavy atom. The molecule has 2 aromatic rings. The molecule has 0 bridgehead atoms. The number of allylic oxidation sites excluding steroid dienone is 3. The Balaban J connectivity index is 2.42. The van der Waals surface area contributed by atoms with Crippen LogP contribution in [0.25, 0.3) is 4.91 Å². The van der Waals surface area contributed by atoms with Crippen molar-refractivity contribution in [2.45, 2.75) is 4.90 Å². The molecule has 0 saturated heterocycles. The van der Waals surface area contributed by atoms with Gasteiger partial charge >= 0.3 is 0 Å². The molecule has 0 aliphatic carbocycles. The summed E-state index contributed by atoms with van der Waals surface area (Å²) in [6.07, 6.45) is 3.09. The average Bonchev–Trinajstić information content (AvgIpc) is 2.58. The molecule has 2 rings (SSSR count). The zero-order valence-electron chi connectivity index (χ0n) is 12.1. The molecule has 0 N–H and O–H groups in total. The van der Waals surface area contributed by atoms with Gasteiger partial charge in [-0.1, -0.05) is 47.1 Å². The Kier molecular flexibility index (Phi) is 6.46. The molecule has 0 atom stereocenters. The van der Waals surface area contributed by atoms with E-state index < -0.39 is 5.82 Å². The second-order valence-corrected chi connectivity index (χ2v) is 6.48. The predicted octanol–water partition coefficient (Wildman–Crippen LogP) is 6.24. The maximum atomic E-state index is 13.3. The molecule has 2 aromatic carbocycles. The standard InChI is InChI=1S/C18H9Cl2FN2S/c19-14-4-2-13(3-5-14)18(8-1-12(10-22)11-23)24-15-6-7-17(21)16(20)9-15/h1-9H/b18-8+. The lowest BCUT2D eigenvalue weighted by molar-refractivity contribution is 0.627. The third-order valence-electron chi connectivity index (χ3n) is 2.89. The fraction of sp³-hybridized carbons (Fsp3) is 0. The number of hydrogen-bond donors (Lipinski definition) is 0. The molecular weight excluding hydrogens is 366 g/mol. The summed E-state index contributed by atoms with van der Waals surface area (Å²) in [6.45, 7) is 0. The van der Waals surface area contributed by atoms with Gasteiger partial charge in [-0.3, -0.25) is 0 Å². The van der Waals surface area contributed by atoms with Gasteiger partial charge in [0.1, 0.15) is 23.5 Å². The highest BCUT2D eigenvalue weighted by Gasteiger charge is 2.07. The lowest BCUT2D eigenvalue weighted by Crippen LogP contribution is -1.83. The van der Waals surface area contributed by atoms with Gasteiger partial charge in [0.25, 0.3) is 0 Å². The topological polar surface area (TPSA) is 47.6 Å². The summed E-state index contributed by atoms with van der Waals surface area (Å²) >= 11 is 13.1. The number of nitriles is 2. The minimum atomic E-state index is -0.491. The van der Waals surface area contributed by atoms with Crippen LogP contribution in [-0.2, 0) is 0 Å². The SMILES string of the molecule is N#CC(C#N)=C/C=C(/Sc1ccc(F)c(Cl)c1)c1ccc(Cl)cc1. The maximum absolute atomic E-state index is 13.3. The lowest BCUT2D eigenvalue weighted by Gasteiger charge is -2.08. The van der Waals surface area contributed by atoms with Crippen LogP contribution in [0.3, 0.4) is 0 Å². The Bertz CT molecular complexity index is 875. The van der Waals surface area contributed by atoms with Crippen LogP contribution in [0, 0.1) is 28.5 Å². The van der Waals surface area contributed by atoms with Gasteiger partial charge in [-0.25, -0.2) is 4.39 Å². The van der Waals surface area contributed by atoms with Gasteiger partial charge in [0, 0.05) is 14.8 Å². The van der Waals surface area contributed by atoms with E-state index in [9.17, 15) is 4.39 Å². The predicted molar refractivity (Wildman–Crippen MR) is 96.0 cm³/mol. The molecule has 0 radical (unpaired) electrons. The number of halogens is 3. The van der Waals surface area contributed by atoms with Crippen LogP contribution in [0.2, 0.25) is 10.0 Å². The summed E-state index contributed by atoms with van der Waals surface area (Å²) in [6, 6.07) is 15.1. The molecule has 118 valence electrons. The first-order valence-corrected chi connectivity index (χ1v) is 8.21. The summed E-state index contributed by atoms with van der Waals surface area (Å²) < 4.78 is 13.3. The molecule has 0 amide bonds. The Morgan fingerprint density at radius 3 is 2.25 bits per heavy atom. The second kappa shape index (κ2) is 8.57. The van der Waals surface area contributed by atoms with Crippen LogP contribution in [0.5, 0.6) is 0 Å². The number of nitrogens with zero attached hydrogens (tertiary/aromatic N) is 2. The van der Waals surface area contributed by atoms with E-state index >= 15 is 0 Å². The second-order valence-electron chi connectivity index (χ2n) is 4.52. The van der Waals surface area contributed by atoms with Gasteiger partial charge in [0.05, 0.1) is 5.02 Å². The van der Waals surface area contributed by atoms with E-state index in [1.807, 2.05) is 12.1 Å². The summed E-state index contributed by atoms with van der Waals surface area (Å²) in [4.78, 5) is 1.49. The number of rotatable bonds is 4. The number of benzene rings is 2. The molecule has 2 nitrogen and oxygen atoms in total. The first-order valence-electron chi connectivity index (χ1n) is 6.64. The Labute approximate surface area is 153 Å². The maximum Gasteiger partial charge on any atom is 0.141 e. The minimum absolute atomic E-state index is 0.0146. The van der Waals surface area contributed by atoms with Crippen molar-refractivity contribution in [1.82, 2.24) is 0 Å². The molecule has 0 unspecified atom stereocenters. The molecule has 0 fully saturated rings. The highest BCUT2D eigenvalue weighted by atomic mass is 35.5. The Hall–Kier alpha value is -2.24. The van der Waals surface area contributed by atoms with Crippen molar-refractivity contribution in [2.24, 2.45) is 0 Å². The molecule has 0 heterocycles. The van der Waals surface area contributed by atoms with Gasteiger partial charge in [0.2, 0.25) is 0 Å². The molecule has 24 heavy (non-hydrogen) atoms. The zero-order valence-corrected chi connectivity index (χ0v) is 14.5. The van der Waals surface area contributed by atoms with Crippen LogP contribution in [-0.4, -0.2) is 0 Å². The average molecular weight is 375 g/mol. The van der Waals surface area contributed by atoms with E-state index in [2.05, 4.69) is 0 Å². The van der Waals surface area contributed by atoms with Crippen LogP contribution in [0.4, 0.5) is 4.39 Å². The van der Waals surface area contributed by atoms with Crippen molar-refractivity contribution in [2.75, 3.05) is 0 Å². The van der Waals surface area contributed by atoms with Gasteiger partial charge in [0.15, 0.2) is 0 Å². The highest BCUT2D eigenvalue weighted by Crippen LogP contribution is 2.36. The van der Waals surface area contributed by atoms with Gasteiger partial charge in [-0.2, -0.15) is 10.5 Å². The van der Waals surface area contributed by atoms with Crippen LogP contribution >= 0.6 is 35.0 Å². The number of hydrogen-bond acceptors (Lipinski definition) is 3. The van der Waals surface area contributed by atoms with Gasteiger partial charge in [-0.05, 0) is 48.0 Å². The van der Waals surface area contributed by atoms with E-state index in [1.54, 1.807) is 36.4 Å². The monoisotopic (exact) mass is 374 g/mol. The van der Waals surface area contributed by atoms with E-state index in [0.29, 0.717) is 5.02 Å². The molecule has 6 heteroatoms. The minimum Gasteiger partial charge on any atom is -0.205 e. The van der Waals surface area contributed by atoms with E-state index in [4.69, 9.17) is 33.7 Å². The summed E-state index contributed by atoms with van der Waals surface area (Å²) in [5.74, 6) is -0.491. The first-order chi connectivity index (χ1) is 11.5. The fourth-order valence-electron chi connectivity index (χ4n) is 1.73. The van der Waals surface area contributed by atoms with Crippen molar-refractivity contribution in [3.8, 4) is 12.1 Å².